The first-order chi connectivity index (χ1) is 8.04. The maximum atomic E-state index is 13.5. The third-order valence-corrected chi connectivity index (χ3v) is 2.83. The number of rotatable bonds is 1. The van der Waals surface area contributed by atoms with E-state index in [0.717, 1.165) is 6.07 Å². The van der Waals surface area contributed by atoms with Crippen LogP contribution in [-0.2, 0) is 20.7 Å². The second kappa shape index (κ2) is 4.33. The highest BCUT2D eigenvalue weighted by atomic mass is 35.5. The Hall–Kier alpha value is -1.62. The second-order valence-electron chi connectivity index (χ2n) is 3.50. The van der Waals surface area contributed by atoms with Gasteiger partial charge in [0.25, 0.3) is 0 Å². The maximum Gasteiger partial charge on any atom is 0.347 e. The van der Waals surface area contributed by atoms with Gasteiger partial charge in [-0.05, 0) is 12.1 Å². The summed E-state index contributed by atoms with van der Waals surface area (Å²) in [6.45, 7) is 0. The Morgan fingerprint density at radius 3 is 2.94 bits per heavy atom. The molecule has 0 aliphatic carbocycles. The summed E-state index contributed by atoms with van der Waals surface area (Å²) in [5, 5.41) is 0.106. The molecule has 6 heteroatoms. The van der Waals surface area contributed by atoms with Gasteiger partial charge >= 0.3 is 11.9 Å². The van der Waals surface area contributed by atoms with Crippen LogP contribution in [0.1, 0.15) is 15.9 Å². The Balaban J connectivity index is 2.46. The number of carbonyl (C=O) groups is 2. The third kappa shape index (κ3) is 1.98. The van der Waals surface area contributed by atoms with E-state index in [1.54, 1.807) is 0 Å². The molecule has 0 spiro atoms. The van der Waals surface area contributed by atoms with Gasteiger partial charge in [-0.25, -0.2) is 14.0 Å². The second-order valence-corrected chi connectivity index (χ2v) is 3.91. The molecule has 1 unspecified atom stereocenters. The minimum absolute atomic E-state index is 0.0215. The summed E-state index contributed by atoms with van der Waals surface area (Å²) in [4.78, 5) is 22.9. The lowest BCUT2D eigenvalue weighted by atomic mass is 9.98. The molecule has 1 aromatic carbocycles. The third-order valence-electron chi connectivity index (χ3n) is 2.51. The van der Waals surface area contributed by atoms with Crippen LogP contribution in [0.2, 0.25) is 5.02 Å². The van der Waals surface area contributed by atoms with E-state index >= 15 is 0 Å². The normalized spacial score (nSPS) is 18.3. The topological polar surface area (TPSA) is 52.6 Å². The Kier molecular flexibility index (Phi) is 3.02. The van der Waals surface area contributed by atoms with E-state index < -0.39 is 23.9 Å². The molecule has 0 amide bonds. The van der Waals surface area contributed by atoms with Gasteiger partial charge in [-0.3, -0.25) is 0 Å². The van der Waals surface area contributed by atoms with Gasteiger partial charge in [0.05, 0.1) is 17.7 Å². The average Bonchev–Trinajstić information content (AvgIpc) is 2.32. The summed E-state index contributed by atoms with van der Waals surface area (Å²) in [6, 6.07) is 2.42. The molecule has 2 rings (SSSR count). The first kappa shape index (κ1) is 11.9. The van der Waals surface area contributed by atoms with Crippen LogP contribution in [-0.4, -0.2) is 25.2 Å². The van der Waals surface area contributed by atoms with E-state index in [-0.39, 0.29) is 22.6 Å². The predicted octanol–water partition coefficient (Wildman–Crippen LogP) is 1.73. The molecule has 1 aliphatic heterocycles. The van der Waals surface area contributed by atoms with E-state index in [4.69, 9.17) is 16.3 Å². The monoisotopic (exact) mass is 258 g/mol. The fourth-order valence-corrected chi connectivity index (χ4v) is 1.95. The van der Waals surface area contributed by atoms with Crippen LogP contribution in [0.3, 0.4) is 0 Å². The standard InChI is InChI=1S/C11H8ClFO4/c1-16-10(14)8-4-5-7(13)3-2-6(12)9(5)11(15)17-8/h2-3,8H,4H2,1H3. The van der Waals surface area contributed by atoms with Crippen molar-refractivity contribution < 1.29 is 23.5 Å². The molecule has 0 radical (unpaired) electrons. The highest BCUT2D eigenvalue weighted by molar-refractivity contribution is 6.33. The summed E-state index contributed by atoms with van der Waals surface area (Å²) in [6.07, 6.45) is -1.19. The minimum atomic E-state index is -1.12. The van der Waals surface area contributed by atoms with Crippen molar-refractivity contribution in [2.45, 2.75) is 12.5 Å². The van der Waals surface area contributed by atoms with E-state index in [1.165, 1.54) is 13.2 Å². The molecule has 0 saturated carbocycles. The van der Waals surface area contributed by atoms with Crippen LogP contribution in [0.25, 0.3) is 0 Å². The van der Waals surface area contributed by atoms with Gasteiger partial charge in [-0.15, -0.1) is 0 Å². The summed E-state index contributed by atoms with van der Waals surface area (Å²) in [5.74, 6) is -2.12. The Morgan fingerprint density at radius 1 is 1.59 bits per heavy atom. The zero-order valence-electron chi connectivity index (χ0n) is 8.83. The molecule has 4 nitrogen and oxygen atoms in total. The summed E-state index contributed by atoms with van der Waals surface area (Å²) < 4.78 is 22.8. The smallest absolute Gasteiger partial charge is 0.347 e. The first-order valence-corrected chi connectivity index (χ1v) is 5.18. The number of esters is 2. The van der Waals surface area contributed by atoms with Crippen molar-refractivity contribution in [2.24, 2.45) is 0 Å². The van der Waals surface area contributed by atoms with Crippen LogP contribution in [0, 0.1) is 5.82 Å². The maximum absolute atomic E-state index is 13.5. The Bertz CT molecular complexity index is 500. The van der Waals surface area contributed by atoms with Crippen molar-refractivity contribution in [3.63, 3.8) is 0 Å². The average molecular weight is 259 g/mol. The predicted molar refractivity (Wildman–Crippen MR) is 56.3 cm³/mol. The molecular formula is C11H8ClFO4. The Morgan fingerprint density at radius 2 is 2.29 bits per heavy atom. The van der Waals surface area contributed by atoms with Crippen molar-refractivity contribution in [3.8, 4) is 0 Å². The molecule has 0 fully saturated rings. The van der Waals surface area contributed by atoms with E-state index in [2.05, 4.69) is 4.74 Å². The molecule has 0 bridgehead atoms. The molecule has 1 heterocycles. The number of carbonyl (C=O) groups excluding carboxylic acids is 2. The van der Waals surface area contributed by atoms with Gasteiger partial charge in [0, 0.05) is 12.0 Å². The number of hydrogen-bond donors (Lipinski definition) is 0. The lowest BCUT2D eigenvalue weighted by molar-refractivity contribution is -0.151. The van der Waals surface area contributed by atoms with Crippen LogP contribution in [0.15, 0.2) is 12.1 Å². The largest absolute Gasteiger partial charge is 0.466 e. The molecule has 17 heavy (non-hydrogen) atoms. The number of hydrogen-bond acceptors (Lipinski definition) is 4. The van der Waals surface area contributed by atoms with Crippen molar-refractivity contribution in [1.29, 1.82) is 0 Å². The molecule has 1 aromatic rings. The van der Waals surface area contributed by atoms with Gasteiger partial charge in [-0.2, -0.15) is 0 Å². The molecule has 0 N–H and O–H groups in total. The van der Waals surface area contributed by atoms with Crippen LogP contribution in [0.5, 0.6) is 0 Å². The molecule has 90 valence electrons. The van der Waals surface area contributed by atoms with Crippen LogP contribution >= 0.6 is 11.6 Å². The lowest BCUT2D eigenvalue weighted by Crippen LogP contribution is -2.35. The van der Waals surface area contributed by atoms with Crippen LogP contribution < -0.4 is 0 Å². The quantitative estimate of drug-likeness (QED) is 0.720. The van der Waals surface area contributed by atoms with Crippen molar-refractivity contribution >= 4 is 23.5 Å². The molecular weight excluding hydrogens is 251 g/mol. The highest BCUT2D eigenvalue weighted by Crippen LogP contribution is 2.29. The lowest BCUT2D eigenvalue weighted by Gasteiger charge is -2.23. The molecule has 1 atom stereocenters. The van der Waals surface area contributed by atoms with Crippen molar-refractivity contribution in [2.75, 3.05) is 7.11 Å². The van der Waals surface area contributed by atoms with Gasteiger partial charge in [0.2, 0.25) is 6.10 Å². The SMILES string of the molecule is COC(=O)C1Cc2c(F)ccc(Cl)c2C(=O)O1. The zero-order valence-corrected chi connectivity index (χ0v) is 9.58. The number of halogens is 2. The minimum Gasteiger partial charge on any atom is -0.466 e. The number of methoxy groups -OCH3 is 1. The van der Waals surface area contributed by atoms with Gasteiger partial charge < -0.3 is 9.47 Å². The van der Waals surface area contributed by atoms with Gasteiger partial charge in [0.15, 0.2) is 0 Å². The molecule has 1 aliphatic rings. The fourth-order valence-electron chi connectivity index (χ4n) is 1.69. The molecule has 0 aromatic heterocycles. The van der Waals surface area contributed by atoms with Gasteiger partial charge in [0.1, 0.15) is 5.82 Å². The number of benzene rings is 1. The summed E-state index contributed by atoms with van der Waals surface area (Å²) >= 11 is 5.79. The van der Waals surface area contributed by atoms with Crippen molar-refractivity contribution in [3.05, 3.63) is 34.1 Å². The van der Waals surface area contributed by atoms with Crippen LogP contribution in [0.4, 0.5) is 4.39 Å². The summed E-state index contributed by atoms with van der Waals surface area (Å²) in [5.41, 5.74) is 0.0657. The molecule has 0 saturated heterocycles. The number of ether oxygens (including phenoxy) is 2. The number of fused-ring (bicyclic) bond motifs is 1. The fraction of sp³-hybridized carbons (Fsp3) is 0.273. The number of cyclic esters (lactones) is 1. The zero-order chi connectivity index (χ0) is 12.6. The first-order valence-electron chi connectivity index (χ1n) is 4.80. The Labute approximate surface area is 101 Å². The summed E-state index contributed by atoms with van der Waals surface area (Å²) in [7, 11) is 1.17. The van der Waals surface area contributed by atoms with E-state index in [9.17, 15) is 14.0 Å². The highest BCUT2D eigenvalue weighted by Gasteiger charge is 2.35. The van der Waals surface area contributed by atoms with E-state index in [1.807, 2.05) is 0 Å². The van der Waals surface area contributed by atoms with E-state index in [0.29, 0.717) is 0 Å². The van der Waals surface area contributed by atoms with Crippen molar-refractivity contribution in [1.82, 2.24) is 0 Å². The van der Waals surface area contributed by atoms with Gasteiger partial charge in [-0.1, -0.05) is 11.6 Å².